The largest absolute Gasteiger partial charge is 0.495 e. The van der Waals surface area contributed by atoms with Crippen LogP contribution in [0.2, 0.25) is 15.1 Å². The highest BCUT2D eigenvalue weighted by Gasteiger charge is 2.39. The summed E-state index contributed by atoms with van der Waals surface area (Å²) >= 11 is 18.3. The van der Waals surface area contributed by atoms with Crippen LogP contribution in [0.15, 0.2) is 12.1 Å². The normalized spacial score (nSPS) is 16.1. The topological polar surface area (TPSA) is 85.4 Å². The molecule has 182 valence electrons. The van der Waals surface area contributed by atoms with Gasteiger partial charge in [-0.1, -0.05) is 34.8 Å². The van der Waals surface area contributed by atoms with Crippen LogP contribution in [-0.4, -0.2) is 42.1 Å². The van der Waals surface area contributed by atoms with Gasteiger partial charge >= 0.3 is 12.2 Å². The van der Waals surface area contributed by atoms with Crippen molar-refractivity contribution < 1.29 is 22.7 Å². The van der Waals surface area contributed by atoms with Crippen molar-refractivity contribution >= 4 is 46.5 Å². The van der Waals surface area contributed by atoms with E-state index in [4.69, 9.17) is 45.3 Å². The van der Waals surface area contributed by atoms with Gasteiger partial charge in [-0.15, -0.1) is 0 Å². The molecule has 2 aromatic rings. The zero-order valence-corrected chi connectivity index (χ0v) is 20.1. The van der Waals surface area contributed by atoms with Gasteiger partial charge in [-0.25, -0.2) is 4.79 Å². The maximum atomic E-state index is 13.2. The Morgan fingerprint density at radius 2 is 1.91 bits per heavy atom. The number of alkyl halides is 3. The number of nitrogens with one attached hydrogen (secondary N) is 1. The molecule has 1 fully saturated rings. The fraction of sp³-hybridized carbons (Fsp3) is 0.500. The Labute approximate surface area is 203 Å². The Morgan fingerprint density at radius 1 is 1.27 bits per heavy atom. The smallest absolute Gasteiger partial charge is 0.436 e. The fourth-order valence-electron chi connectivity index (χ4n) is 4.02. The average molecular weight is 529 g/mol. The standard InChI is InChI=1S/C20H23Cl3F3N5O2/c1-10-17(23)18(20(24,25)26)29-31(10)9-14(28-19(27)32)11-3-5-30(6-4-11)15-8-16(33-2)13(22)7-12(15)21/h7-8,11,14H,3-6,9H2,1-2H3,(H3,27,28,32). The number of urea groups is 1. The molecule has 33 heavy (non-hydrogen) atoms. The number of carbonyl (C=O) groups excluding carboxylic acids is 1. The van der Waals surface area contributed by atoms with Gasteiger partial charge in [0.05, 0.1) is 46.1 Å². The molecular formula is C20H23Cl3F3N5O2. The first-order chi connectivity index (χ1) is 15.4. The molecule has 0 saturated carbocycles. The van der Waals surface area contributed by atoms with Gasteiger partial charge in [0.1, 0.15) is 5.75 Å². The Morgan fingerprint density at radius 3 is 2.42 bits per heavy atom. The molecule has 2 heterocycles. The summed E-state index contributed by atoms with van der Waals surface area (Å²) in [5, 5.41) is 6.72. The van der Waals surface area contributed by atoms with Gasteiger partial charge in [0.15, 0.2) is 5.69 Å². The van der Waals surface area contributed by atoms with Gasteiger partial charge in [-0.05, 0) is 31.7 Å². The van der Waals surface area contributed by atoms with Crippen molar-refractivity contribution in [1.82, 2.24) is 15.1 Å². The van der Waals surface area contributed by atoms with E-state index in [0.29, 0.717) is 41.7 Å². The van der Waals surface area contributed by atoms with Crippen LogP contribution in [0.4, 0.5) is 23.7 Å². The number of piperidine rings is 1. The number of benzene rings is 1. The zero-order chi connectivity index (χ0) is 24.5. The van der Waals surface area contributed by atoms with Crippen molar-refractivity contribution in [2.75, 3.05) is 25.1 Å². The van der Waals surface area contributed by atoms with Crippen molar-refractivity contribution in [2.24, 2.45) is 11.7 Å². The molecule has 0 aliphatic carbocycles. The van der Waals surface area contributed by atoms with Gasteiger partial charge in [0, 0.05) is 19.2 Å². The number of rotatable bonds is 6. The van der Waals surface area contributed by atoms with E-state index < -0.39 is 29.0 Å². The molecule has 1 aliphatic rings. The predicted molar refractivity (Wildman–Crippen MR) is 121 cm³/mol. The van der Waals surface area contributed by atoms with E-state index >= 15 is 0 Å². The summed E-state index contributed by atoms with van der Waals surface area (Å²) in [7, 11) is 1.51. The summed E-state index contributed by atoms with van der Waals surface area (Å²) in [6.07, 6.45) is -3.41. The van der Waals surface area contributed by atoms with Crippen molar-refractivity contribution in [2.45, 2.75) is 38.5 Å². The monoisotopic (exact) mass is 527 g/mol. The summed E-state index contributed by atoms with van der Waals surface area (Å²) in [5.74, 6) is 0.441. The molecule has 13 heteroatoms. The van der Waals surface area contributed by atoms with Gasteiger partial charge in [0.25, 0.3) is 0 Å². The van der Waals surface area contributed by atoms with Gasteiger partial charge in [-0.2, -0.15) is 18.3 Å². The summed E-state index contributed by atoms with van der Waals surface area (Å²) in [5.41, 5.74) is 5.12. The van der Waals surface area contributed by atoms with E-state index in [1.165, 1.54) is 18.7 Å². The number of halogens is 6. The lowest BCUT2D eigenvalue weighted by atomic mass is 9.89. The third-order valence-corrected chi connectivity index (χ3v) is 6.82. The Bertz CT molecular complexity index is 1020. The molecular weight excluding hydrogens is 506 g/mol. The lowest BCUT2D eigenvalue weighted by molar-refractivity contribution is -0.141. The maximum Gasteiger partial charge on any atom is 0.436 e. The number of nitrogens with two attached hydrogens (primary N) is 1. The predicted octanol–water partition coefficient (Wildman–Crippen LogP) is 5.13. The highest BCUT2D eigenvalue weighted by atomic mass is 35.5. The molecule has 1 saturated heterocycles. The number of hydrogen-bond donors (Lipinski definition) is 2. The molecule has 1 aromatic heterocycles. The highest BCUT2D eigenvalue weighted by molar-refractivity contribution is 6.37. The van der Waals surface area contributed by atoms with E-state index in [1.807, 2.05) is 0 Å². The molecule has 0 radical (unpaired) electrons. The highest BCUT2D eigenvalue weighted by Crippen LogP contribution is 2.39. The van der Waals surface area contributed by atoms with Crippen LogP contribution in [0.1, 0.15) is 24.2 Å². The van der Waals surface area contributed by atoms with E-state index in [0.717, 1.165) is 5.69 Å². The molecule has 3 N–H and O–H groups in total. The minimum Gasteiger partial charge on any atom is -0.495 e. The Hall–Kier alpha value is -2.04. The summed E-state index contributed by atoms with van der Waals surface area (Å²) < 4.78 is 46.0. The van der Waals surface area contributed by atoms with Crippen molar-refractivity contribution in [3.8, 4) is 5.75 Å². The van der Waals surface area contributed by atoms with E-state index in [-0.39, 0.29) is 18.2 Å². The van der Waals surface area contributed by atoms with Crippen molar-refractivity contribution in [3.05, 3.63) is 38.6 Å². The summed E-state index contributed by atoms with van der Waals surface area (Å²) in [6.45, 7) is 2.65. The van der Waals surface area contributed by atoms with E-state index in [9.17, 15) is 18.0 Å². The average Bonchev–Trinajstić information content (AvgIpc) is 3.02. The zero-order valence-electron chi connectivity index (χ0n) is 17.8. The molecule has 1 aliphatic heterocycles. The molecule has 3 rings (SSSR count). The number of carbonyl (C=O) groups is 1. The fourth-order valence-corrected chi connectivity index (χ4v) is 4.85. The second-order valence-corrected chi connectivity index (χ2v) is 9.00. The van der Waals surface area contributed by atoms with Crippen LogP contribution in [0.3, 0.4) is 0 Å². The van der Waals surface area contributed by atoms with Crippen LogP contribution < -0.4 is 20.7 Å². The molecule has 2 amide bonds. The number of nitrogens with zero attached hydrogens (tertiary/aromatic N) is 3. The molecule has 1 aromatic carbocycles. The number of primary amides is 1. The number of methoxy groups -OCH3 is 1. The molecule has 0 bridgehead atoms. The van der Waals surface area contributed by atoms with Gasteiger partial charge < -0.3 is 20.7 Å². The van der Waals surface area contributed by atoms with Crippen molar-refractivity contribution in [1.29, 1.82) is 0 Å². The number of hydrogen-bond acceptors (Lipinski definition) is 4. The first-order valence-electron chi connectivity index (χ1n) is 10.1. The lowest BCUT2D eigenvalue weighted by Gasteiger charge is -2.37. The summed E-state index contributed by atoms with van der Waals surface area (Å²) in [4.78, 5) is 13.7. The second kappa shape index (κ2) is 10.1. The van der Waals surface area contributed by atoms with Crippen LogP contribution >= 0.6 is 34.8 Å². The van der Waals surface area contributed by atoms with Crippen molar-refractivity contribution in [3.63, 3.8) is 0 Å². The minimum absolute atomic E-state index is 0.00473. The number of aromatic nitrogens is 2. The first kappa shape index (κ1) is 25.6. The Kier molecular flexibility index (Phi) is 7.80. The maximum absolute atomic E-state index is 13.2. The Balaban J connectivity index is 1.77. The molecule has 1 unspecified atom stereocenters. The third kappa shape index (κ3) is 5.73. The number of ether oxygens (including phenoxy) is 1. The van der Waals surface area contributed by atoms with E-state index in [2.05, 4.69) is 15.3 Å². The number of amides is 2. The lowest BCUT2D eigenvalue weighted by Crippen LogP contribution is -2.49. The number of anilines is 1. The van der Waals surface area contributed by atoms with E-state index in [1.54, 1.807) is 12.1 Å². The SMILES string of the molecule is COc1cc(N2CCC(C(Cn3nc(C(F)(F)F)c(Cl)c3C)NC(N)=O)CC2)c(Cl)cc1Cl. The van der Waals surface area contributed by atoms with Crippen LogP contribution in [0, 0.1) is 12.8 Å². The molecule has 1 atom stereocenters. The van der Waals surface area contributed by atoms with Crippen LogP contribution in [-0.2, 0) is 12.7 Å². The molecule has 7 nitrogen and oxygen atoms in total. The van der Waals surface area contributed by atoms with Crippen LogP contribution in [0.25, 0.3) is 0 Å². The van der Waals surface area contributed by atoms with Crippen LogP contribution in [0.5, 0.6) is 5.75 Å². The quantitative estimate of drug-likeness (QED) is 0.544. The summed E-state index contributed by atoms with van der Waals surface area (Å²) in [6, 6.07) is 2.08. The first-order valence-corrected chi connectivity index (χ1v) is 11.2. The van der Waals surface area contributed by atoms with Gasteiger partial charge in [-0.3, -0.25) is 4.68 Å². The third-order valence-electron chi connectivity index (χ3n) is 5.77. The molecule has 0 spiro atoms. The second-order valence-electron chi connectivity index (χ2n) is 7.81. The van der Waals surface area contributed by atoms with Gasteiger partial charge in [0.2, 0.25) is 0 Å². The minimum atomic E-state index is -4.68.